The van der Waals surface area contributed by atoms with Gasteiger partial charge < -0.3 is 9.47 Å². The van der Waals surface area contributed by atoms with Crippen molar-refractivity contribution in [2.24, 2.45) is 0 Å². The van der Waals surface area contributed by atoms with Crippen molar-refractivity contribution in [3.8, 4) is 11.5 Å². The van der Waals surface area contributed by atoms with Crippen LogP contribution in [0, 0.1) is 34.1 Å². The number of carbonyl (C=O) groups excluding carboxylic acids is 2. The highest BCUT2D eigenvalue weighted by Gasteiger charge is 2.17. The number of ether oxygens (including phenoxy) is 2. The van der Waals surface area contributed by atoms with Crippen molar-refractivity contribution >= 4 is 23.3 Å². The molecule has 0 fully saturated rings. The van der Waals surface area contributed by atoms with Crippen LogP contribution in [0.15, 0.2) is 60.7 Å². The first-order valence-corrected chi connectivity index (χ1v) is 9.20. The van der Waals surface area contributed by atoms with E-state index in [0.717, 1.165) is 0 Å². The maximum absolute atomic E-state index is 12.4. The second-order valence-electron chi connectivity index (χ2n) is 6.77. The summed E-state index contributed by atoms with van der Waals surface area (Å²) < 4.78 is 10.5. The van der Waals surface area contributed by atoms with Crippen molar-refractivity contribution in [1.29, 1.82) is 0 Å². The highest BCUT2D eigenvalue weighted by atomic mass is 16.6. The Morgan fingerprint density at radius 2 is 1.09 bits per heavy atom. The molecule has 32 heavy (non-hydrogen) atoms. The molecule has 0 amide bonds. The van der Waals surface area contributed by atoms with E-state index >= 15 is 0 Å². The Kier molecular flexibility index (Phi) is 6.24. The summed E-state index contributed by atoms with van der Waals surface area (Å²) >= 11 is 0. The van der Waals surface area contributed by atoms with Crippen LogP contribution in [0.5, 0.6) is 11.5 Å². The molecule has 10 heteroatoms. The highest BCUT2D eigenvalue weighted by molar-refractivity contribution is 5.92. The molecule has 0 atom stereocenters. The molecule has 0 heterocycles. The van der Waals surface area contributed by atoms with E-state index in [1.165, 1.54) is 74.5 Å². The van der Waals surface area contributed by atoms with Crippen LogP contribution < -0.4 is 9.47 Å². The fraction of sp³-hybridized carbons (Fsp3) is 0.0909. The Hall–Kier alpha value is -4.60. The number of hydrogen-bond donors (Lipinski definition) is 0. The monoisotopic (exact) mass is 436 g/mol. The predicted octanol–water partition coefficient (Wildman–Crippen LogP) is 4.56. The maximum Gasteiger partial charge on any atom is 0.343 e. The van der Waals surface area contributed by atoms with Crippen LogP contribution >= 0.6 is 0 Å². The van der Waals surface area contributed by atoms with Gasteiger partial charge in [0, 0.05) is 29.3 Å². The maximum atomic E-state index is 12.4. The van der Waals surface area contributed by atoms with Crippen molar-refractivity contribution in [3.05, 3.63) is 103 Å². The third-order valence-corrected chi connectivity index (χ3v) is 4.48. The summed E-state index contributed by atoms with van der Waals surface area (Å²) in [6, 6.07) is 13.5. The highest BCUT2D eigenvalue weighted by Crippen LogP contribution is 2.24. The molecule has 0 unspecified atom stereocenters. The molecule has 0 aliphatic carbocycles. The van der Waals surface area contributed by atoms with Crippen LogP contribution in [0.1, 0.15) is 31.8 Å². The average Bonchev–Trinajstić information content (AvgIpc) is 2.73. The molecule has 0 radical (unpaired) electrons. The van der Waals surface area contributed by atoms with Gasteiger partial charge in [0.05, 0.1) is 21.0 Å². The number of benzene rings is 3. The summed E-state index contributed by atoms with van der Waals surface area (Å²) in [5.74, 6) is -1.29. The lowest BCUT2D eigenvalue weighted by Gasteiger charge is -2.08. The minimum Gasteiger partial charge on any atom is -0.423 e. The summed E-state index contributed by atoms with van der Waals surface area (Å²) in [6.07, 6.45) is 0. The standard InChI is InChI=1S/C22H16N2O8/c1-13-10-15(6-8-19(13)23(27)28)21(25)31-17-4-3-5-18(12-17)32-22(26)16-7-9-20(24(29)30)14(2)11-16/h3-12H,1-2H3. The first-order chi connectivity index (χ1) is 15.2. The first kappa shape index (κ1) is 22.1. The Labute approximate surface area is 181 Å². The number of hydrogen-bond acceptors (Lipinski definition) is 8. The number of aryl methyl sites for hydroxylation is 2. The smallest absolute Gasteiger partial charge is 0.343 e. The molecule has 0 saturated carbocycles. The van der Waals surface area contributed by atoms with Crippen LogP contribution in [0.4, 0.5) is 11.4 Å². The molecular weight excluding hydrogens is 420 g/mol. The van der Waals surface area contributed by atoms with Crippen molar-refractivity contribution in [1.82, 2.24) is 0 Å². The number of carbonyl (C=O) groups is 2. The van der Waals surface area contributed by atoms with Gasteiger partial charge >= 0.3 is 11.9 Å². The lowest BCUT2D eigenvalue weighted by atomic mass is 10.1. The van der Waals surface area contributed by atoms with Crippen molar-refractivity contribution in [2.45, 2.75) is 13.8 Å². The van der Waals surface area contributed by atoms with Crippen LogP contribution in [0.3, 0.4) is 0 Å². The molecule has 10 nitrogen and oxygen atoms in total. The second-order valence-corrected chi connectivity index (χ2v) is 6.77. The number of esters is 2. The topological polar surface area (TPSA) is 139 Å². The minimum atomic E-state index is -0.738. The lowest BCUT2D eigenvalue weighted by Crippen LogP contribution is -2.11. The van der Waals surface area contributed by atoms with E-state index in [1.54, 1.807) is 0 Å². The van der Waals surface area contributed by atoms with Crippen molar-refractivity contribution in [3.63, 3.8) is 0 Å². The van der Waals surface area contributed by atoms with Gasteiger partial charge in [-0.15, -0.1) is 0 Å². The third-order valence-electron chi connectivity index (χ3n) is 4.48. The summed E-state index contributed by atoms with van der Waals surface area (Å²) in [5, 5.41) is 21.8. The van der Waals surface area contributed by atoms with E-state index in [1.807, 2.05) is 0 Å². The molecule has 0 saturated heterocycles. The van der Waals surface area contributed by atoms with Gasteiger partial charge in [0.15, 0.2) is 0 Å². The molecule has 0 N–H and O–H groups in total. The van der Waals surface area contributed by atoms with Gasteiger partial charge in [0.1, 0.15) is 11.5 Å². The number of rotatable bonds is 6. The molecule has 0 bridgehead atoms. The number of nitro groups is 2. The van der Waals surface area contributed by atoms with Gasteiger partial charge in [-0.1, -0.05) is 6.07 Å². The van der Waals surface area contributed by atoms with Gasteiger partial charge in [-0.05, 0) is 50.2 Å². The Bertz CT molecular complexity index is 1160. The molecule has 0 spiro atoms. The average molecular weight is 436 g/mol. The van der Waals surface area contributed by atoms with Gasteiger partial charge in [-0.2, -0.15) is 0 Å². The summed E-state index contributed by atoms with van der Waals surface area (Å²) in [5.41, 5.74) is 0.638. The van der Waals surface area contributed by atoms with Gasteiger partial charge in [0.2, 0.25) is 0 Å². The van der Waals surface area contributed by atoms with Crippen LogP contribution in [-0.2, 0) is 0 Å². The van der Waals surface area contributed by atoms with E-state index < -0.39 is 21.8 Å². The van der Waals surface area contributed by atoms with Gasteiger partial charge in [-0.3, -0.25) is 20.2 Å². The van der Waals surface area contributed by atoms with E-state index in [2.05, 4.69) is 0 Å². The Morgan fingerprint density at radius 3 is 1.44 bits per heavy atom. The third kappa shape index (κ3) is 4.93. The zero-order valence-corrected chi connectivity index (χ0v) is 16.9. The van der Waals surface area contributed by atoms with Crippen molar-refractivity contribution < 1.29 is 28.9 Å². The Balaban J connectivity index is 1.73. The second kappa shape index (κ2) is 9.04. The van der Waals surface area contributed by atoms with Gasteiger partial charge in [-0.25, -0.2) is 9.59 Å². The largest absolute Gasteiger partial charge is 0.423 e. The normalized spacial score (nSPS) is 10.3. The molecule has 162 valence electrons. The first-order valence-electron chi connectivity index (χ1n) is 9.20. The molecular formula is C22H16N2O8. The molecule has 3 aromatic carbocycles. The minimum absolute atomic E-state index is 0.0937. The van der Waals surface area contributed by atoms with Gasteiger partial charge in [0.25, 0.3) is 11.4 Å². The molecule has 0 aromatic heterocycles. The van der Waals surface area contributed by atoms with Crippen LogP contribution in [0.25, 0.3) is 0 Å². The van der Waals surface area contributed by atoms with Crippen LogP contribution in [-0.4, -0.2) is 21.8 Å². The van der Waals surface area contributed by atoms with Crippen molar-refractivity contribution in [2.75, 3.05) is 0 Å². The quantitative estimate of drug-likeness (QED) is 0.237. The molecule has 3 aromatic rings. The lowest BCUT2D eigenvalue weighted by molar-refractivity contribution is -0.385. The summed E-state index contributed by atoms with van der Waals surface area (Å²) in [4.78, 5) is 45.5. The molecule has 3 rings (SSSR count). The fourth-order valence-corrected chi connectivity index (χ4v) is 2.91. The van der Waals surface area contributed by atoms with E-state index in [0.29, 0.717) is 11.1 Å². The number of nitro benzene ring substituents is 2. The summed E-state index contributed by atoms with van der Waals surface area (Å²) in [7, 11) is 0. The summed E-state index contributed by atoms with van der Waals surface area (Å²) in [6.45, 7) is 3.02. The van der Waals surface area contributed by atoms with E-state index in [9.17, 15) is 29.8 Å². The SMILES string of the molecule is Cc1cc(C(=O)Oc2cccc(OC(=O)c3ccc([N+](=O)[O-])c(C)c3)c2)ccc1[N+](=O)[O-]. The van der Waals surface area contributed by atoms with E-state index in [-0.39, 0.29) is 34.0 Å². The molecule has 0 aliphatic rings. The van der Waals surface area contributed by atoms with Crippen LogP contribution in [0.2, 0.25) is 0 Å². The zero-order valence-electron chi connectivity index (χ0n) is 16.9. The zero-order chi connectivity index (χ0) is 23.4. The molecule has 0 aliphatic heterocycles. The predicted molar refractivity (Wildman–Crippen MR) is 112 cm³/mol. The Morgan fingerprint density at radius 1 is 0.688 bits per heavy atom. The number of nitrogens with zero attached hydrogens (tertiary/aromatic N) is 2. The fourth-order valence-electron chi connectivity index (χ4n) is 2.91. The van der Waals surface area contributed by atoms with E-state index in [4.69, 9.17) is 9.47 Å².